The predicted octanol–water partition coefficient (Wildman–Crippen LogP) is 3.08. The minimum absolute atomic E-state index is 0.0489. The van der Waals surface area contributed by atoms with Crippen molar-refractivity contribution >= 4 is 5.91 Å². The van der Waals surface area contributed by atoms with Crippen LogP contribution in [-0.2, 0) is 11.3 Å². The molecule has 0 saturated heterocycles. The number of aryl methyl sites for hydroxylation is 1. The molecule has 1 aromatic heterocycles. The summed E-state index contributed by atoms with van der Waals surface area (Å²) >= 11 is 0. The predicted molar refractivity (Wildman–Crippen MR) is 96.8 cm³/mol. The molecular weight excluding hydrogens is 314 g/mol. The van der Waals surface area contributed by atoms with Gasteiger partial charge in [0.15, 0.2) is 0 Å². The number of amides is 1. The van der Waals surface area contributed by atoms with Crippen molar-refractivity contribution in [2.24, 2.45) is 5.92 Å². The van der Waals surface area contributed by atoms with Crippen molar-refractivity contribution in [1.82, 2.24) is 25.1 Å². The van der Waals surface area contributed by atoms with Crippen molar-refractivity contribution in [3.63, 3.8) is 0 Å². The van der Waals surface area contributed by atoms with E-state index < -0.39 is 0 Å². The summed E-state index contributed by atoms with van der Waals surface area (Å²) in [6.45, 7) is 4.43. The first kappa shape index (κ1) is 17.6. The number of likely N-dealkylation sites (N-methyl/N-ethyl adjacent to an activating group) is 1. The molecule has 0 atom stereocenters. The lowest BCUT2D eigenvalue weighted by Crippen LogP contribution is -2.41. The fourth-order valence-corrected chi connectivity index (χ4v) is 3.50. The van der Waals surface area contributed by atoms with E-state index in [0.717, 1.165) is 24.3 Å². The van der Waals surface area contributed by atoms with Crippen LogP contribution in [0, 0.1) is 12.8 Å². The molecule has 0 aliphatic heterocycles. The van der Waals surface area contributed by atoms with E-state index in [-0.39, 0.29) is 12.5 Å². The Hall–Kier alpha value is -2.24. The minimum atomic E-state index is 0.0489. The average molecular weight is 341 g/mol. The third-order valence-electron chi connectivity index (χ3n) is 5.37. The second-order valence-corrected chi connectivity index (χ2v) is 7.10. The molecule has 1 aromatic carbocycles. The lowest BCUT2D eigenvalue weighted by atomic mass is 9.84. The monoisotopic (exact) mass is 341 g/mol. The molecule has 0 radical (unpaired) electrons. The Morgan fingerprint density at radius 1 is 1.20 bits per heavy atom. The highest BCUT2D eigenvalue weighted by atomic mass is 16.2. The molecule has 0 spiro atoms. The highest BCUT2D eigenvalue weighted by Gasteiger charge is 2.26. The summed E-state index contributed by atoms with van der Waals surface area (Å²) in [6.07, 6.45) is 5.88. The summed E-state index contributed by atoms with van der Waals surface area (Å²) in [7, 11) is 1.90. The van der Waals surface area contributed by atoms with Crippen LogP contribution < -0.4 is 0 Å². The zero-order valence-electron chi connectivity index (χ0n) is 15.4. The van der Waals surface area contributed by atoms with Gasteiger partial charge in [-0.2, -0.15) is 4.80 Å². The maximum absolute atomic E-state index is 12.6. The Bertz CT molecular complexity index is 701. The van der Waals surface area contributed by atoms with Gasteiger partial charge in [0.05, 0.1) is 0 Å². The maximum Gasteiger partial charge on any atom is 0.246 e. The van der Waals surface area contributed by atoms with E-state index in [1.807, 2.05) is 43.1 Å². The van der Waals surface area contributed by atoms with Gasteiger partial charge < -0.3 is 4.90 Å². The molecule has 1 aliphatic rings. The van der Waals surface area contributed by atoms with Gasteiger partial charge in [-0.25, -0.2) is 0 Å². The van der Waals surface area contributed by atoms with Crippen LogP contribution in [-0.4, -0.2) is 44.1 Å². The second-order valence-electron chi connectivity index (χ2n) is 7.10. The second kappa shape index (κ2) is 7.76. The first-order chi connectivity index (χ1) is 12.1. The molecule has 6 heteroatoms. The van der Waals surface area contributed by atoms with Crippen LogP contribution in [0.25, 0.3) is 11.4 Å². The van der Waals surface area contributed by atoms with Crippen molar-refractivity contribution in [3.05, 3.63) is 29.8 Å². The highest BCUT2D eigenvalue weighted by molar-refractivity contribution is 5.75. The van der Waals surface area contributed by atoms with Gasteiger partial charge in [-0.05, 0) is 43.7 Å². The molecule has 3 rings (SSSR count). The van der Waals surface area contributed by atoms with Crippen LogP contribution in [0.3, 0.4) is 0 Å². The van der Waals surface area contributed by atoms with Gasteiger partial charge in [0.2, 0.25) is 11.7 Å². The third-order valence-corrected chi connectivity index (χ3v) is 5.37. The highest BCUT2D eigenvalue weighted by Crippen LogP contribution is 2.29. The first-order valence-electron chi connectivity index (χ1n) is 9.17. The molecule has 6 nitrogen and oxygen atoms in total. The maximum atomic E-state index is 12.6. The number of rotatable bonds is 5. The van der Waals surface area contributed by atoms with Gasteiger partial charge >= 0.3 is 0 Å². The van der Waals surface area contributed by atoms with Crippen LogP contribution in [0.1, 0.15) is 44.6 Å². The van der Waals surface area contributed by atoms with E-state index in [0.29, 0.717) is 11.9 Å². The molecule has 0 unspecified atom stereocenters. The first-order valence-corrected chi connectivity index (χ1v) is 9.17. The number of carbonyl (C=O) groups is 1. The molecule has 1 saturated carbocycles. The summed E-state index contributed by atoms with van der Waals surface area (Å²) in [6, 6.07) is 8.31. The Balaban J connectivity index is 1.59. The number of tetrazole rings is 1. The van der Waals surface area contributed by atoms with Gasteiger partial charge in [0.1, 0.15) is 6.54 Å². The van der Waals surface area contributed by atoms with Crippen LogP contribution in [0.2, 0.25) is 0 Å². The lowest BCUT2D eigenvalue weighted by molar-refractivity contribution is -0.133. The quantitative estimate of drug-likeness (QED) is 0.838. The molecule has 1 aliphatic carbocycles. The molecule has 1 heterocycles. The minimum Gasteiger partial charge on any atom is -0.341 e. The smallest absolute Gasteiger partial charge is 0.246 e. The summed E-state index contributed by atoms with van der Waals surface area (Å²) in [5.41, 5.74) is 2.10. The molecule has 0 bridgehead atoms. The number of hydrogen-bond donors (Lipinski definition) is 0. The van der Waals surface area contributed by atoms with Crippen molar-refractivity contribution in [2.45, 2.75) is 58.5 Å². The topological polar surface area (TPSA) is 63.9 Å². The number of aromatic nitrogens is 4. The number of hydrogen-bond acceptors (Lipinski definition) is 4. The summed E-state index contributed by atoms with van der Waals surface area (Å²) in [5, 5.41) is 12.5. The van der Waals surface area contributed by atoms with Crippen LogP contribution in [0.4, 0.5) is 0 Å². The molecule has 2 aromatic rings. The molecule has 1 fully saturated rings. The number of benzene rings is 1. The number of carbonyl (C=O) groups excluding carboxylic acids is 1. The fraction of sp³-hybridized carbons (Fsp3) is 0.579. The Morgan fingerprint density at radius 2 is 1.88 bits per heavy atom. The van der Waals surface area contributed by atoms with Crippen LogP contribution in [0.15, 0.2) is 24.3 Å². The third kappa shape index (κ3) is 4.24. The van der Waals surface area contributed by atoms with E-state index in [2.05, 4.69) is 22.3 Å². The summed E-state index contributed by atoms with van der Waals surface area (Å²) < 4.78 is 0. The van der Waals surface area contributed by atoms with E-state index in [9.17, 15) is 4.79 Å². The van der Waals surface area contributed by atoms with E-state index in [1.54, 1.807) is 0 Å². The molecule has 134 valence electrons. The van der Waals surface area contributed by atoms with E-state index in [1.165, 1.54) is 29.6 Å². The Kier molecular flexibility index (Phi) is 5.46. The lowest BCUT2D eigenvalue weighted by Gasteiger charge is -2.34. The SMILES string of the molecule is CCC1CCC(N(C)C(=O)Cn2nnc(-c3ccc(C)cc3)n2)CC1. The fourth-order valence-electron chi connectivity index (χ4n) is 3.50. The molecule has 25 heavy (non-hydrogen) atoms. The van der Waals surface area contributed by atoms with E-state index in [4.69, 9.17) is 0 Å². The zero-order chi connectivity index (χ0) is 17.8. The number of nitrogens with zero attached hydrogens (tertiary/aromatic N) is 5. The van der Waals surface area contributed by atoms with Crippen molar-refractivity contribution < 1.29 is 4.79 Å². The van der Waals surface area contributed by atoms with Gasteiger partial charge in [-0.3, -0.25) is 4.79 Å². The van der Waals surface area contributed by atoms with E-state index >= 15 is 0 Å². The zero-order valence-corrected chi connectivity index (χ0v) is 15.4. The molecule has 1 amide bonds. The van der Waals surface area contributed by atoms with Crippen molar-refractivity contribution in [3.8, 4) is 11.4 Å². The van der Waals surface area contributed by atoms with Crippen LogP contribution in [0.5, 0.6) is 0 Å². The summed E-state index contributed by atoms with van der Waals surface area (Å²) in [4.78, 5) is 15.8. The Labute approximate surface area is 149 Å². The van der Waals surface area contributed by atoms with Gasteiger partial charge in [0.25, 0.3) is 0 Å². The normalized spacial score (nSPS) is 20.4. The average Bonchev–Trinajstić information content (AvgIpc) is 3.10. The van der Waals surface area contributed by atoms with Gasteiger partial charge in [-0.15, -0.1) is 10.2 Å². The summed E-state index contributed by atoms with van der Waals surface area (Å²) in [5.74, 6) is 1.43. The molecule has 0 N–H and O–H groups in total. The van der Waals surface area contributed by atoms with Gasteiger partial charge in [0, 0.05) is 18.7 Å². The van der Waals surface area contributed by atoms with Gasteiger partial charge in [-0.1, -0.05) is 43.2 Å². The molecular formula is C19H27N5O. The van der Waals surface area contributed by atoms with Crippen molar-refractivity contribution in [2.75, 3.05) is 7.05 Å². The standard InChI is InChI=1S/C19H27N5O/c1-4-15-7-11-17(12-8-15)23(3)18(25)13-24-21-19(20-22-24)16-9-5-14(2)6-10-16/h5-6,9-10,15,17H,4,7-8,11-13H2,1-3H3. The van der Waals surface area contributed by atoms with Crippen LogP contribution >= 0.6 is 0 Å². The Morgan fingerprint density at radius 3 is 2.52 bits per heavy atom. The van der Waals surface area contributed by atoms with Crippen molar-refractivity contribution in [1.29, 1.82) is 0 Å². The largest absolute Gasteiger partial charge is 0.341 e.